The number of anilines is 1. The molecule has 20 heavy (non-hydrogen) atoms. The quantitative estimate of drug-likeness (QED) is 0.884. The van der Waals surface area contributed by atoms with Crippen LogP contribution in [0.15, 0.2) is 30.5 Å². The molecule has 2 heterocycles. The lowest BCUT2D eigenvalue weighted by Gasteiger charge is -2.15. The fraction of sp³-hybridized carbons (Fsp3) is 0.286. The number of fused-ring (bicyclic) bond motifs is 1. The van der Waals surface area contributed by atoms with Crippen molar-refractivity contribution in [3.63, 3.8) is 0 Å². The number of hydrogen-bond donors (Lipinski definition) is 2. The Morgan fingerprint density at radius 3 is 3.10 bits per heavy atom. The van der Waals surface area contributed by atoms with Crippen LogP contribution in [-0.2, 0) is 0 Å². The van der Waals surface area contributed by atoms with Gasteiger partial charge in [0, 0.05) is 36.4 Å². The molecule has 0 spiro atoms. The topological polar surface area (TPSA) is 65.5 Å². The van der Waals surface area contributed by atoms with Crippen molar-refractivity contribution in [2.75, 3.05) is 18.4 Å². The fourth-order valence-electron chi connectivity index (χ4n) is 2.52. The molecule has 1 fully saturated rings. The second-order valence-electron chi connectivity index (χ2n) is 4.89. The number of rotatable bonds is 2. The molecule has 1 amide bonds. The van der Waals surface area contributed by atoms with Crippen LogP contribution in [-0.4, -0.2) is 40.2 Å². The smallest absolute Gasteiger partial charge is 0.407 e. The summed E-state index contributed by atoms with van der Waals surface area (Å²) in [7, 11) is 0. The summed E-state index contributed by atoms with van der Waals surface area (Å²) in [6.45, 7) is 0.923. The Hall–Kier alpha value is -2.37. The molecule has 0 radical (unpaired) electrons. The van der Waals surface area contributed by atoms with Crippen molar-refractivity contribution >= 4 is 22.7 Å². The van der Waals surface area contributed by atoms with E-state index in [0.29, 0.717) is 24.3 Å². The minimum atomic E-state index is -0.914. The largest absolute Gasteiger partial charge is 0.465 e. The Morgan fingerprint density at radius 2 is 2.35 bits per heavy atom. The first-order valence-electron chi connectivity index (χ1n) is 6.42. The maximum atomic E-state index is 13.9. The molecule has 1 aromatic heterocycles. The van der Waals surface area contributed by atoms with Crippen molar-refractivity contribution in [2.24, 2.45) is 0 Å². The van der Waals surface area contributed by atoms with Crippen LogP contribution >= 0.6 is 0 Å². The number of benzene rings is 1. The van der Waals surface area contributed by atoms with Crippen molar-refractivity contribution in [3.05, 3.63) is 36.3 Å². The number of likely N-dealkylation sites (tertiary alicyclic amines) is 1. The van der Waals surface area contributed by atoms with Gasteiger partial charge in [0.15, 0.2) is 5.82 Å². The summed E-state index contributed by atoms with van der Waals surface area (Å²) >= 11 is 0. The molecule has 3 rings (SSSR count). The minimum Gasteiger partial charge on any atom is -0.465 e. The SMILES string of the molecule is O=C(O)N1CCC(Nc2cc(F)c3ncccc3c2)C1. The van der Waals surface area contributed by atoms with E-state index in [0.717, 1.165) is 11.8 Å². The molecule has 1 aliphatic rings. The molecule has 0 bridgehead atoms. The molecule has 2 aromatic rings. The Balaban J connectivity index is 1.80. The van der Waals surface area contributed by atoms with Crippen LogP contribution in [0.25, 0.3) is 10.9 Å². The van der Waals surface area contributed by atoms with Gasteiger partial charge in [0.2, 0.25) is 0 Å². The molecule has 1 atom stereocenters. The van der Waals surface area contributed by atoms with Crippen molar-refractivity contribution in [1.82, 2.24) is 9.88 Å². The van der Waals surface area contributed by atoms with E-state index in [1.807, 2.05) is 6.07 Å². The molecule has 6 heteroatoms. The summed E-state index contributed by atoms with van der Waals surface area (Å²) in [5, 5.41) is 12.8. The van der Waals surface area contributed by atoms with E-state index in [9.17, 15) is 9.18 Å². The highest BCUT2D eigenvalue weighted by Gasteiger charge is 2.25. The van der Waals surface area contributed by atoms with Gasteiger partial charge < -0.3 is 15.3 Å². The summed E-state index contributed by atoms with van der Waals surface area (Å²) < 4.78 is 13.9. The predicted molar refractivity (Wildman–Crippen MR) is 73.3 cm³/mol. The van der Waals surface area contributed by atoms with Gasteiger partial charge in [-0.15, -0.1) is 0 Å². The molecular weight excluding hydrogens is 261 g/mol. The molecule has 1 saturated heterocycles. The van der Waals surface area contributed by atoms with E-state index in [1.165, 1.54) is 11.0 Å². The Morgan fingerprint density at radius 1 is 1.50 bits per heavy atom. The summed E-state index contributed by atoms with van der Waals surface area (Å²) in [6.07, 6.45) is 1.36. The zero-order chi connectivity index (χ0) is 14.1. The highest BCUT2D eigenvalue weighted by atomic mass is 19.1. The van der Waals surface area contributed by atoms with E-state index < -0.39 is 6.09 Å². The third kappa shape index (κ3) is 2.36. The Bertz CT molecular complexity index is 662. The number of pyridine rings is 1. The van der Waals surface area contributed by atoms with Crippen LogP contribution in [0.5, 0.6) is 0 Å². The van der Waals surface area contributed by atoms with Crippen molar-refractivity contribution < 1.29 is 14.3 Å². The number of halogens is 1. The number of carboxylic acid groups (broad SMARTS) is 1. The van der Waals surface area contributed by atoms with E-state index in [4.69, 9.17) is 5.11 Å². The van der Waals surface area contributed by atoms with Gasteiger partial charge in [-0.1, -0.05) is 6.07 Å². The van der Waals surface area contributed by atoms with Crippen LogP contribution in [0.3, 0.4) is 0 Å². The Kier molecular flexibility index (Phi) is 3.14. The van der Waals surface area contributed by atoms with Gasteiger partial charge in [0.25, 0.3) is 0 Å². The first-order valence-corrected chi connectivity index (χ1v) is 6.42. The lowest BCUT2D eigenvalue weighted by molar-refractivity contribution is 0.155. The van der Waals surface area contributed by atoms with E-state index >= 15 is 0 Å². The summed E-state index contributed by atoms with van der Waals surface area (Å²) in [5.41, 5.74) is 0.997. The second-order valence-corrected chi connectivity index (χ2v) is 4.89. The van der Waals surface area contributed by atoms with Crippen molar-refractivity contribution in [3.8, 4) is 0 Å². The summed E-state index contributed by atoms with van der Waals surface area (Å²) in [5.74, 6) is -0.376. The van der Waals surface area contributed by atoms with Gasteiger partial charge in [-0.25, -0.2) is 9.18 Å². The average Bonchev–Trinajstić information content (AvgIpc) is 2.87. The molecular formula is C14H14FN3O2. The van der Waals surface area contributed by atoms with Crippen molar-refractivity contribution in [2.45, 2.75) is 12.5 Å². The number of amides is 1. The van der Waals surface area contributed by atoms with E-state index in [2.05, 4.69) is 10.3 Å². The van der Waals surface area contributed by atoms with Crippen LogP contribution < -0.4 is 5.32 Å². The van der Waals surface area contributed by atoms with Gasteiger partial charge in [-0.05, 0) is 24.6 Å². The minimum absolute atomic E-state index is 0.0135. The molecule has 104 valence electrons. The van der Waals surface area contributed by atoms with Crippen molar-refractivity contribution in [1.29, 1.82) is 0 Å². The summed E-state index contributed by atoms with van der Waals surface area (Å²) in [4.78, 5) is 16.2. The first kappa shape index (κ1) is 12.7. The normalized spacial score (nSPS) is 18.4. The van der Waals surface area contributed by atoms with Crippen LogP contribution in [0.4, 0.5) is 14.9 Å². The zero-order valence-electron chi connectivity index (χ0n) is 10.7. The first-order chi connectivity index (χ1) is 9.63. The van der Waals surface area contributed by atoms with Crippen LogP contribution in [0, 0.1) is 5.82 Å². The van der Waals surface area contributed by atoms with Gasteiger partial charge in [-0.2, -0.15) is 0 Å². The highest BCUT2D eigenvalue weighted by molar-refractivity contribution is 5.82. The van der Waals surface area contributed by atoms with E-state index in [-0.39, 0.29) is 11.9 Å². The van der Waals surface area contributed by atoms with Gasteiger partial charge in [0.05, 0.1) is 0 Å². The van der Waals surface area contributed by atoms with Crippen LogP contribution in [0.1, 0.15) is 6.42 Å². The number of nitrogens with one attached hydrogen (secondary N) is 1. The summed E-state index contributed by atoms with van der Waals surface area (Å²) in [6, 6.07) is 6.80. The molecule has 0 saturated carbocycles. The van der Waals surface area contributed by atoms with Gasteiger partial charge in [0.1, 0.15) is 5.52 Å². The number of hydrogen-bond acceptors (Lipinski definition) is 3. The Labute approximate surface area is 115 Å². The molecule has 0 aliphatic carbocycles. The van der Waals surface area contributed by atoms with Gasteiger partial charge >= 0.3 is 6.09 Å². The third-order valence-corrected chi connectivity index (χ3v) is 3.49. The standard InChI is InChI=1S/C14H14FN3O2/c15-12-7-11(6-9-2-1-4-16-13(9)12)17-10-3-5-18(8-10)14(19)20/h1-2,4,6-7,10,17H,3,5,8H2,(H,19,20). The molecule has 1 aliphatic heterocycles. The zero-order valence-corrected chi connectivity index (χ0v) is 10.7. The maximum absolute atomic E-state index is 13.9. The average molecular weight is 275 g/mol. The molecule has 5 nitrogen and oxygen atoms in total. The number of nitrogens with zero attached hydrogens (tertiary/aromatic N) is 2. The molecule has 2 N–H and O–H groups in total. The fourth-order valence-corrected chi connectivity index (χ4v) is 2.52. The second kappa shape index (κ2) is 4.96. The third-order valence-electron chi connectivity index (χ3n) is 3.49. The maximum Gasteiger partial charge on any atom is 0.407 e. The molecule has 1 unspecified atom stereocenters. The predicted octanol–water partition coefficient (Wildman–Crippen LogP) is 2.54. The number of aromatic nitrogens is 1. The molecule has 1 aromatic carbocycles. The lowest BCUT2D eigenvalue weighted by Crippen LogP contribution is -2.30. The van der Waals surface area contributed by atoms with E-state index in [1.54, 1.807) is 18.3 Å². The van der Waals surface area contributed by atoms with Gasteiger partial charge in [-0.3, -0.25) is 4.98 Å². The monoisotopic (exact) mass is 275 g/mol. The number of carbonyl (C=O) groups is 1. The highest BCUT2D eigenvalue weighted by Crippen LogP contribution is 2.23. The lowest BCUT2D eigenvalue weighted by atomic mass is 10.1. The van der Waals surface area contributed by atoms with Crippen LogP contribution in [0.2, 0.25) is 0 Å².